The lowest BCUT2D eigenvalue weighted by Crippen LogP contribution is -2.25. The van der Waals surface area contributed by atoms with Crippen molar-refractivity contribution in [2.24, 2.45) is 4.99 Å². The third-order valence-electron chi connectivity index (χ3n) is 2.25. The lowest BCUT2D eigenvalue weighted by atomic mass is 9.98. The first-order chi connectivity index (χ1) is 7.47. The van der Waals surface area contributed by atoms with Crippen molar-refractivity contribution in [2.45, 2.75) is 32.8 Å². The topological polar surface area (TPSA) is 38.7 Å². The Kier molecular flexibility index (Phi) is 2.54. The number of hydrogen-bond donors (Lipinski definition) is 0. The lowest BCUT2D eigenvalue weighted by Gasteiger charge is -2.20. The van der Waals surface area contributed by atoms with E-state index in [0.29, 0.717) is 5.57 Å². The van der Waals surface area contributed by atoms with Gasteiger partial charge in [-0.25, -0.2) is 4.79 Å². The Morgan fingerprint density at radius 3 is 2.88 bits per heavy atom. The molecule has 1 heterocycles. The monoisotopic (exact) mass is 217 g/mol. The van der Waals surface area contributed by atoms with Gasteiger partial charge in [0.25, 0.3) is 0 Å². The van der Waals surface area contributed by atoms with Gasteiger partial charge in [-0.2, -0.15) is 0 Å². The molecule has 3 nitrogen and oxygen atoms in total. The van der Waals surface area contributed by atoms with Crippen LogP contribution in [-0.4, -0.2) is 17.3 Å². The van der Waals surface area contributed by atoms with E-state index in [1.807, 2.05) is 39.0 Å². The number of hydrogen-bond acceptors (Lipinski definition) is 3. The predicted octanol–water partition coefficient (Wildman–Crippen LogP) is 2.55. The van der Waals surface area contributed by atoms with Gasteiger partial charge in [-0.1, -0.05) is 12.2 Å². The minimum absolute atomic E-state index is 0.298. The number of fused-ring (bicyclic) bond motifs is 1. The highest BCUT2D eigenvalue weighted by atomic mass is 16.6. The Hall–Kier alpha value is -1.64. The minimum atomic E-state index is -0.467. The minimum Gasteiger partial charge on any atom is -0.456 e. The highest BCUT2D eigenvalue weighted by Crippen LogP contribution is 2.26. The SMILES string of the molecule is CC(C)(C)OC(=O)C1=CN=C2C=CCC=C12. The molecule has 0 aromatic rings. The maximum Gasteiger partial charge on any atom is 0.340 e. The lowest BCUT2D eigenvalue weighted by molar-refractivity contribution is -0.149. The van der Waals surface area contributed by atoms with E-state index in [4.69, 9.17) is 4.74 Å². The van der Waals surface area contributed by atoms with Crippen LogP contribution < -0.4 is 0 Å². The molecule has 0 aromatic heterocycles. The Labute approximate surface area is 95.2 Å². The van der Waals surface area contributed by atoms with Gasteiger partial charge in [0.15, 0.2) is 0 Å². The van der Waals surface area contributed by atoms with E-state index in [-0.39, 0.29) is 5.97 Å². The van der Waals surface area contributed by atoms with Crippen LogP contribution in [0.2, 0.25) is 0 Å². The highest BCUT2D eigenvalue weighted by Gasteiger charge is 2.27. The number of carbonyl (C=O) groups excluding carboxylic acids is 1. The molecule has 84 valence electrons. The molecule has 0 N–H and O–H groups in total. The zero-order valence-corrected chi connectivity index (χ0v) is 9.78. The molecule has 0 spiro atoms. The quantitative estimate of drug-likeness (QED) is 0.633. The molecule has 1 aliphatic heterocycles. The van der Waals surface area contributed by atoms with Crippen LogP contribution in [-0.2, 0) is 9.53 Å². The van der Waals surface area contributed by atoms with Crippen molar-refractivity contribution in [3.05, 3.63) is 35.6 Å². The number of ether oxygens (including phenoxy) is 1. The molecule has 0 radical (unpaired) electrons. The average Bonchev–Trinajstić information content (AvgIpc) is 2.58. The summed E-state index contributed by atoms with van der Waals surface area (Å²) in [6.07, 6.45) is 8.39. The maximum atomic E-state index is 11.9. The third kappa shape index (κ3) is 2.13. The number of aliphatic imine (C=N–C) groups is 1. The van der Waals surface area contributed by atoms with Crippen molar-refractivity contribution in [2.75, 3.05) is 0 Å². The molecule has 0 fully saturated rings. The summed E-state index contributed by atoms with van der Waals surface area (Å²) in [6.45, 7) is 5.58. The summed E-state index contributed by atoms with van der Waals surface area (Å²) in [5, 5.41) is 0. The Balaban J connectivity index is 2.14. The zero-order chi connectivity index (χ0) is 11.8. The van der Waals surface area contributed by atoms with Crippen LogP contribution in [0.4, 0.5) is 0 Å². The fourth-order valence-electron chi connectivity index (χ4n) is 1.62. The van der Waals surface area contributed by atoms with Crippen LogP contribution in [0, 0.1) is 0 Å². The third-order valence-corrected chi connectivity index (χ3v) is 2.25. The van der Waals surface area contributed by atoms with Gasteiger partial charge in [-0.05, 0) is 33.3 Å². The van der Waals surface area contributed by atoms with E-state index < -0.39 is 5.60 Å². The number of esters is 1. The van der Waals surface area contributed by atoms with Crippen LogP contribution in [0.3, 0.4) is 0 Å². The van der Waals surface area contributed by atoms with Gasteiger partial charge in [0.1, 0.15) is 5.60 Å². The van der Waals surface area contributed by atoms with E-state index in [1.165, 1.54) is 0 Å². The molecule has 0 amide bonds. The largest absolute Gasteiger partial charge is 0.456 e. The molecule has 16 heavy (non-hydrogen) atoms. The van der Waals surface area contributed by atoms with Crippen molar-refractivity contribution >= 4 is 11.7 Å². The van der Waals surface area contributed by atoms with Crippen LogP contribution in [0.15, 0.2) is 40.6 Å². The Morgan fingerprint density at radius 2 is 2.19 bits per heavy atom. The molecule has 2 aliphatic rings. The fourth-order valence-corrected chi connectivity index (χ4v) is 1.62. The maximum absolute atomic E-state index is 11.9. The average molecular weight is 217 g/mol. The molecule has 0 bridgehead atoms. The summed E-state index contributed by atoms with van der Waals surface area (Å²) in [4.78, 5) is 16.1. The second kappa shape index (κ2) is 3.74. The Morgan fingerprint density at radius 1 is 1.44 bits per heavy atom. The normalized spacial score (nSPS) is 18.6. The van der Waals surface area contributed by atoms with Crippen molar-refractivity contribution < 1.29 is 9.53 Å². The van der Waals surface area contributed by atoms with Gasteiger partial charge in [0.05, 0.1) is 11.3 Å². The second-order valence-electron chi connectivity index (χ2n) is 4.81. The second-order valence-corrected chi connectivity index (χ2v) is 4.81. The van der Waals surface area contributed by atoms with E-state index >= 15 is 0 Å². The van der Waals surface area contributed by atoms with E-state index in [1.54, 1.807) is 6.20 Å². The summed E-state index contributed by atoms with van der Waals surface area (Å²) in [6, 6.07) is 0. The molecule has 2 rings (SSSR count). The van der Waals surface area contributed by atoms with Crippen LogP contribution >= 0.6 is 0 Å². The first-order valence-corrected chi connectivity index (χ1v) is 5.36. The number of allylic oxidation sites excluding steroid dienone is 3. The summed E-state index contributed by atoms with van der Waals surface area (Å²) < 4.78 is 5.33. The molecule has 0 atom stereocenters. The van der Waals surface area contributed by atoms with E-state index in [0.717, 1.165) is 17.7 Å². The smallest absolute Gasteiger partial charge is 0.340 e. The molecular formula is C13H15NO2. The number of rotatable bonds is 1. The summed E-state index contributed by atoms with van der Waals surface area (Å²) in [5.41, 5.74) is 1.85. The summed E-state index contributed by atoms with van der Waals surface area (Å²) in [5.74, 6) is -0.298. The van der Waals surface area contributed by atoms with Crippen LogP contribution in [0.5, 0.6) is 0 Å². The molecule has 0 saturated carbocycles. The first-order valence-electron chi connectivity index (χ1n) is 5.36. The fraction of sp³-hybridized carbons (Fsp3) is 0.385. The summed E-state index contributed by atoms with van der Waals surface area (Å²) in [7, 11) is 0. The Bertz CT molecular complexity index is 445. The molecule has 0 saturated heterocycles. The van der Waals surface area contributed by atoms with Crippen LogP contribution in [0.1, 0.15) is 27.2 Å². The van der Waals surface area contributed by atoms with Crippen molar-refractivity contribution in [1.29, 1.82) is 0 Å². The van der Waals surface area contributed by atoms with Crippen molar-refractivity contribution in [3.63, 3.8) is 0 Å². The van der Waals surface area contributed by atoms with E-state index in [9.17, 15) is 4.79 Å². The van der Waals surface area contributed by atoms with Gasteiger partial charge in [-0.3, -0.25) is 4.99 Å². The standard InChI is InChI=1S/C13H15NO2/c1-13(2,3)16-12(15)10-8-14-11-7-5-4-6-9(10)11/h5-8H,4H2,1-3H3. The number of carbonyl (C=O) groups is 1. The molecule has 0 unspecified atom stereocenters. The zero-order valence-electron chi connectivity index (χ0n) is 9.78. The van der Waals surface area contributed by atoms with Gasteiger partial charge < -0.3 is 4.74 Å². The van der Waals surface area contributed by atoms with Gasteiger partial charge in [-0.15, -0.1) is 0 Å². The molecule has 0 aromatic carbocycles. The van der Waals surface area contributed by atoms with Gasteiger partial charge >= 0.3 is 5.97 Å². The van der Waals surface area contributed by atoms with Gasteiger partial charge in [0.2, 0.25) is 0 Å². The van der Waals surface area contributed by atoms with E-state index in [2.05, 4.69) is 4.99 Å². The molecule has 1 aliphatic carbocycles. The van der Waals surface area contributed by atoms with Crippen molar-refractivity contribution in [1.82, 2.24) is 0 Å². The predicted molar refractivity (Wildman–Crippen MR) is 63.2 cm³/mol. The molecule has 3 heteroatoms. The van der Waals surface area contributed by atoms with Crippen molar-refractivity contribution in [3.8, 4) is 0 Å². The van der Waals surface area contributed by atoms with Gasteiger partial charge in [0, 0.05) is 11.8 Å². The highest BCUT2D eigenvalue weighted by molar-refractivity contribution is 6.20. The number of nitrogens with zero attached hydrogens (tertiary/aromatic N) is 1. The van der Waals surface area contributed by atoms with Crippen LogP contribution in [0.25, 0.3) is 0 Å². The summed E-state index contributed by atoms with van der Waals surface area (Å²) >= 11 is 0. The first kappa shape index (κ1) is 10.9. The molecular weight excluding hydrogens is 202 g/mol.